The molecule has 0 bridgehead atoms. The molecule has 0 saturated carbocycles. The fourth-order valence-corrected chi connectivity index (χ4v) is 1.95. The van der Waals surface area contributed by atoms with Crippen molar-refractivity contribution in [3.8, 4) is 5.75 Å². The summed E-state index contributed by atoms with van der Waals surface area (Å²) in [5.41, 5.74) is 6.68. The molecule has 19 heavy (non-hydrogen) atoms. The summed E-state index contributed by atoms with van der Waals surface area (Å²) in [4.78, 5) is 13.8. The van der Waals surface area contributed by atoms with E-state index in [1.807, 2.05) is 38.1 Å². The van der Waals surface area contributed by atoms with Crippen LogP contribution in [0.2, 0.25) is 0 Å². The Labute approximate surface area is 115 Å². The van der Waals surface area contributed by atoms with Crippen LogP contribution in [-0.4, -0.2) is 36.5 Å². The third kappa shape index (κ3) is 4.56. The second-order valence-electron chi connectivity index (χ2n) is 4.45. The first-order valence-corrected chi connectivity index (χ1v) is 6.86. The van der Waals surface area contributed by atoms with Gasteiger partial charge in [0.2, 0.25) is 0 Å². The largest absolute Gasteiger partial charge is 0.481 e. The van der Waals surface area contributed by atoms with Gasteiger partial charge in [0.25, 0.3) is 5.91 Å². The first kappa shape index (κ1) is 15.5. The Bertz CT molecular complexity index is 386. The van der Waals surface area contributed by atoms with Crippen LogP contribution < -0.4 is 10.5 Å². The molecule has 0 fully saturated rings. The van der Waals surface area contributed by atoms with E-state index in [1.165, 1.54) is 5.56 Å². The maximum absolute atomic E-state index is 12.1. The molecular weight excluding hydrogens is 240 g/mol. The van der Waals surface area contributed by atoms with Gasteiger partial charge in [0, 0.05) is 13.1 Å². The maximum atomic E-state index is 12.1. The molecule has 1 atom stereocenters. The highest BCUT2D eigenvalue weighted by atomic mass is 16.5. The highest BCUT2D eigenvalue weighted by Crippen LogP contribution is 2.15. The van der Waals surface area contributed by atoms with Gasteiger partial charge in [-0.15, -0.1) is 0 Å². The van der Waals surface area contributed by atoms with E-state index in [1.54, 1.807) is 11.8 Å². The highest BCUT2D eigenvalue weighted by molar-refractivity contribution is 5.80. The minimum absolute atomic E-state index is 0.0241. The molecular formula is C15H24N2O2. The van der Waals surface area contributed by atoms with Gasteiger partial charge in [-0.25, -0.2) is 0 Å². The summed E-state index contributed by atoms with van der Waals surface area (Å²) in [6, 6.07) is 7.74. The van der Waals surface area contributed by atoms with E-state index in [-0.39, 0.29) is 5.91 Å². The van der Waals surface area contributed by atoms with Crippen LogP contribution in [0.25, 0.3) is 0 Å². The van der Waals surface area contributed by atoms with Crippen molar-refractivity contribution < 1.29 is 9.53 Å². The van der Waals surface area contributed by atoms with Gasteiger partial charge in [-0.05, 0) is 51.4 Å². The van der Waals surface area contributed by atoms with Crippen molar-refractivity contribution in [3.63, 3.8) is 0 Å². The van der Waals surface area contributed by atoms with E-state index in [4.69, 9.17) is 10.5 Å². The Morgan fingerprint density at radius 3 is 2.32 bits per heavy atom. The van der Waals surface area contributed by atoms with Gasteiger partial charge in [0.15, 0.2) is 6.10 Å². The molecule has 106 valence electrons. The smallest absolute Gasteiger partial charge is 0.263 e. The Morgan fingerprint density at radius 1 is 1.26 bits per heavy atom. The van der Waals surface area contributed by atoms with Crippen molar-refractivity contribution in [2.24, 2.45) is 5.73 Å². The summed E-state index contributed by atoms with van der Waals surface area (Å²) >= 11 is 0. The van der Waals surface area contributed by atoms with Crippen molar-refractivity contribution in [1.82, 2.24) is 4.90 Å². The fourth-order valence-electron chi connectivity index (χ4n) is 1.95. The summed E-state index contributed by atoms with van der Waals surface area (Å²) in [7, 11) is 0. The van der Waals surface area contributed by atoms with Crippen LogP contribution >= 0.6 is 0 Å². The lowest BCUT2D eigenvalue weighted by Gasteiger charge is -2.23. The molecule has 4 nitrogen and oxygen atoms in total. The van der Waals surface area contributed by atoms with E-state index in [0.717, 1.165) is 6.42 Å². The van der Waals surface area contributed by atoms with E-state index < -0.39 is 6.10 Å². The lowest BCUT2D eigenvalue weighted by molar-refractivity contribution is -0.137. The molecule has 1 rings (SSSR count). The van der Waals surface area contributed by atoms with Crippen LogP contribution in [0.4, 0.5) is 0 Å². The molecule has 0 aliphatic carbocycles. The van der Waals surface area contributed by atoms with Crippen LogP contribution in [-0.2, 0) is 11.2 Å². The molecule has 0 heterocycles. The van der Waals surface area contributed by atoms with Gasteiger partial charge < -0.3 is 15.4 Å². The Morgan fingerprint density at radius 2 is 1.84 bits per heavy atom. The minimum atomic E-state index is -0.458. The lowest BCUT2D eigenvalue weighted by atomic mass is 10.1. The minimum Gasteiger partial charge on any atom is -0.481 e. The third-order valence-electron chi connectivity index (χ3n) is 3.09. The SMILES string of the molecule is CCN(CC)C(=O)C(C)Oc1ccc(CCN)cc1. The molecule has 4 heteroatoms. The van der Waals surface area contributed by atoms with E-state index in [9.17, 15) is 4.79 Å². The first-order valence-electron chi connectivity index (χ1n) is 6.86. The average Bonchev–Trinajstić information content (AvgIpc) is 2.42. The lowest BCUT2D eigenvalue weighted by Crippen LogP contribution is -2.40. The zero-order chi connectivity index (χ0) is 14.3. The Kier molecular flexibility index (Phi) is 6.36. The molecule has 0 aliphatic rings. The number of hydrogen-bond donors (Lipinski definition) is 1. The number of rotatable bonds is 7. The van der Waals surface area contributed by atoms with Gasteiger partial charge in [-0.3, -0.25) is 4.79 Å². The van der Waals surface area contributed by atoms with Crippen LogP contribution in [0.1, 0.15) is 26.3 Å². The summed E-state index contributed by atoms with van der Waals surface area (Å²) in [5.74, 6) is 0.741. The third-order valence-corrected chi connectivity index (χ3v) is 3.09. The quantitative estimate of drug-likeness (QED) is 0.817. The van der Waals surface area contributed by atoms with Crippen LogP contribution in [0.3, 0.4) is 0 Å². The predicted octanol–water partition coefficient (Wildman–Crippen LogP) is 1.82. The normalized spacial score (nSPS) is 12.0. The molecule has 1 amide bonds. The molecule has 0 spiro atoms. The number of amides is 1. The number of benzene rings is 1. The Balaban J connectivity index is 2.60. The first-order chi connectivity index (χ1) is 9.12. The number of carbonyl (C=O) groups excluding carboxylic acids is 1. The average molecular weight is 264 g/mol. The highest BCUT2D eigenvalue weighted by Gasteiger charge is 2.19. The fraction of sp³-hybridized carbons (Fsp3) is 0.533. The standard InChI is InChI=1S/C15H24N2O2/c1-4-17(5-2)15(18)12(3)19-14-8-6-13(7-9-14)10-11-16/h6-9,12H,4-5,10-11,16H2,1-3H3. The number of nitrogens with zero attached hydrogens (tertiary/aromatic N) is 1. The molecule has 1 aromatic rings. The van der Waals surface area contributed by atoms with Gasteiger partial charge in [0.05, 0.1) is 0 Å². The Hall–Kier alpha value is -1.55. The molecule has 1 unspecified atom stereocenters. The van der Waals surface area contributed by atoms with Crippen molar-refractivity contribution in [2.45, 2.75) is 33.3 Å². The van der Waals surface area contributed by atoms with Crippen molar-refractivity contribution >= 4 is 5.91 Å². The molecule has 0 saturated heterocycles. The summed E-state index contributed by atoms with van der Waals surface area (Å²) in [6.07, 6.45) is 0.397. The maximum Gasteiger partial charge on any atom is 0.263 e. The van der Waals surface area contributed by atoms with Gasteiger partial charge >= 0.3 is 0 Å². The number of ether oxygens (including phenoxy) is 1. The molecule has 2 N–H and O–H groups in total. The van der Waals surface area contributed by atoms with E-state index >= 15 is 0 Å². The monoisotopic (exact) mass is 264 g/mol. The molecule has 0 radical (unpaired) electrons. The van der Waals surface area contributed by atoms with Gasteiger partial charge in [-0.1, -0.05) is 12.1 Å². The second-order valence-corrected chi connectivity index (χ2v) is 4.45. The predicted molar refractivity (Wildman–Crippen MR) is 77.2 cm³/mol. The summed E-state index contributed by atoms with van der Waals surface area (Å²) in [5, 5.41) is 0. The van der Waals surface area contributed by atoms with Gasteiger partial charge in [0.1, 0.15) is 5.75 Å². The van der Waals surface area contributed by atoms with E-state index in [2.05, 4.69) is 0 Å². The second kappa shape index (κ2) is 7.79. The number of likely N-dealkylation sites (N-methyl/N-ethyl adjacent to an activating group) is 1. The van der Waals surface area contributed by atoms with E-state index in [0.29, 0.717) is 25.4 Å². The van der Waals surface area contributed by atoms with Crippen LogP contribution in [0, 0.1) is 0 Å². The zero-order valence-electron chi connectivity index (χ0n) is 12.1. The van der Waals surface area contributed by atoms with Crippen LogP contribution in [0.15, 0.2) is 24.3 Å². The van der Waals surface area contributed by atoms with Crippen LogP contribution in [0.5, 0.6) is 5.75 Å². The molecule has 0 aliphatic heterocycles. The topological polar surface area (TPSA) is 55.6 Å². The molecule has 0 aromatic heterocycles. The zero-order valence-corrected chi connectivity index (χ0v) is 12.1. The number of hydrogen-bond acceptors (Lipinski definition) is 3. The van der Waals surface area contributed by atoms with Crippen molar-refractivity contribution in [3.05, 3.63) is 29.8 Å². The van der Waals surface area contributed by atoms with Gasteiger partial charge in [-0.2, -0.15) is 0 Å². The molecule has 1 aromatic carbocycles. The van der Waals surface area contributed by atoms with Crippen molar-refractivity contribution in [2.75, 3.05) is 19.6 Å². The summed E-state index contributed by atoms with van der Waals surface area (Å²) in [6.45, 7) is 7.77. The number of carbonyl (C=O) groups is 1. The van der Waals surface area contributed by atoms with Crippen molar-refractivity contribution in [1.29, 1.82) is 0 Å². The summed E-state index contributed by atoms with van der Waals surface area (Å²) < 4.78 is 5.67. The number of nitrogens with two attached hydrogens (primary N) is 1.